The number of hydrogen-bond donors (Lipinski definition) is 2. The molecule has 0 bridgehead atoms. The third kappa shape index (κ3) is 5.10. The second-order valence-corrected chi connectivity index (χ2v) is 7.37. The summed E-state index contributed by atoms with van der Waals surface area (Å²) in [4.78, 5) is 46.2. The van der Waals surface area contributed by atoms with Gasteiger partial charge in [-0.2, -0.15) is 0 Å². The first-order valence-electron chi connectivity index (χ1n) is 8.50. The van der Waals surface area contributed by atoms with Gasteiger partial charge in [0.25, 0.3) is 17.5 Å². The fourth-order valence-electron chi connectivity index (χ4n) is 2.45. The van der Waals surface area contributed by atoms with Crippen LogP contribution in [0.25, 0.3) is 10.1 Å². The molecular formula is C19H14ClN3O6S. The Morgan fingerprint density at radius 1 is 1.10 bits per heavy atom. The van der Waals surface area contributed by atoms with Crippen LogP contribution in [-0.2, 0) is 14.3 Å². The van der Waals surface area contributed by atoms with Gasteiger partial charge in [-0.1, -0.05) is 29.8 Å². The predicted molar refractivity (Wildman–Crippen MR) is 112 cm³/mol. The van der Waals surface area contributed by atoms with E-state index in [0.29, 0.717) is 10.7 Å². The number of amides is 2. The molecule has 3 aromatic rings. The number of esters is 1. The lowest BCUT2D eigenvalue weighted by Gasteiger charge is -2.07. The van der Waals surface area contributed by atoms with E-state index in [4.69, 9.17) is 16.3 Å². The van der Waals surface area contributed by atoms with Gasteiger partial charge < -0.3 is 15.4 Å². The van der Waals surface area contributed by atoms with Crippen molar-refractivity contribution in [3.05, 3.63) is 68.5 Å². The van der Waals surface area contributed by atoms with Gasteiger partial charge in [-0.15, -0.1) is 11.3 Å². The van der Waals surface area contributed by atoms with E-state index in [2.05, 4.69) is 10.6 Å². The van der Waals surface area contributed by atoms with Crippen molar-refractivity contribution in [3.63, 3.8) is 0 Å². The molecular weight excluding hydrogens is 434 g/mol. The normalized spacial score (nSPS) is 10.4. The van der Waals surface area contributed by atoms with Gasteiger partial charge in [0.15, 0.2) is 6.61 Å². The third-order valence-corrected chi connectivity index (χ3v) is 5.53. The highest BCUT2D eigenvalue weighted by Gasteiger charge is 2.18. The van der Waals surface area contributed by atoms with Gasteiger partial charge in [0.2, 0.25) is 0 Å². The number of nitro benzene ring substituents is 1. The number of fused-ring (bicyclic) bond motifs is 1. The SMILES string of the molecule is O=C(COC(=O)CNC(=O)c1sc2ccccc2c1Cl)Nc1ccc([N+](=O)[O-])cc1. The number of thiophene rings is 1. The lowest BCUT2D eigenvalue weighted by molar-refractivity contribution is -0.384. The van der Waals surface area contributed by atoms with Crippen LogP contribution in [0.5, 0.6) is 0 Å². The van der Waals surface area contributed by atoms with Crippen LogP contribution in [0.2, 0.25) is 5.02 Å². The summed E-state index contributed by atoms with van der Waals surface area (Å²) in [6, 6.07) is 12.4. The first-order valence-corrected chi connectivity index (χ1v) is 9.69. The summed E-state index contributed by atoms with van der Waals surface area (Å²) in [5, 5.41) is 16.5. The Morgan fingerprint density at radius 2 is 1.80 bits per heavy atom. The molecule has 0 saturated heterocycles. The molecule has 9 nitrogen and oxygen atoms in total. The molecule has 11 heteroatoms. The first kappa shape index (κ1) is 21.2. The lowest BCUT2D eigenvalue weighted by atomic mass is 10.2. The van der Waals surface area contributed by atoms with E-state index >= 15 is 0 Å². The topological polar surface area (TPSA) is 128 Å². The summed E-state index contributed by atoms with van der Waals surface area (Å²) in [6.07, 6.45) is 0. The number of nitrogens with zero attached hydrogens (tertiary/aromatic N) is 1. The van der Waals surface area contributed by atoms with Gasteiger partial charge >= 0.3 is 5.97 Å². The minimum absolute atomic E-state index is 0.117. The van der Waals surface area contributed by atoms with Crippen LogP contribution in [0.3, 0.4) is 0 Å². The van der Waals surface area contributed by atoms with Gasteiger partial charge in [-0.25, -0.2) is 0 Å². The Hall–Kier alpha value is -3.50. The summed E-state index contributed by atoms with van der Waals surface area (Å²) in [6.45, 7) is -1.01. The number of non-ortho nitro benzene ring substituents is 1. The Morgan fingerprint density at radius 3 is 2.47 bits per heavy atom. The van der Waals surface area contributed by atoms with Crippen molar-refractivity contribution < 1.29 is 24.0 Å². The zero-order valence-electron chi connectivity index (χ0n) is 15.2. The highest BCUT2D eigenvalue weighted by molar-refractivity contribution is 7.21. The number of carbonyl (C=O) groups is 3. The highest BCUT2D eigenvalue weighted by Crippen LogP contribution is 2.34. The maximum atomic E-state index is 12.3. The van der Waals surface area contributed by atoms with E-state index < -0.39 is 35.9 Å². The molecule has 0 aliphatic heterocycles. The smallest absolute Gasteiger partial charge is 0.325 e. The maximum Gasteiger partial charge on any atom is 0.325 e. The van der Waals surface area contributed by atoms with Crippen molar-refractivity contribution >= 4 is 62.2 Å². The summed E-state index contributed by atoms with van der Waals surface area (Å²) < 4.78 is 5.66. The molecule has 0 fully saturated rings. The number of halogens is 1. The van der Waals surface area contributed by atoms with Gasteiger partial charge in [0, 0.05) is 27.9 Å². The monoisotopic (exact) mass is 447 g/mol. The molecule has 0 spiro atoms. The average molecular weight is 448 g/mol. The Balaban J connectivity index is 1.46. The standard InChI is InChI=1S/C19H14ClN3O6S/c20-17-13-3-1-2-4-14(13)30-18(17)19(26)21-9-16(25)29-10-15(24)22-11-5-7-12(8-6-11)23(27)28/h1-8H,9-10H2,(H,21,26)(H,22,24). The fourth-order valence-corrected chi connectivity index (χ4v) is 3.89. The number of nitro groups is 1. The van der Waals surface area contributed by atoms with Crippen LogP contribution < -0.4 is 10.6 Å². The van der Waals surface area contributed by atoms with E-state index in [1.165, 1.54) is 35.6 Å². The Kier molecular flexibility index (Phi) is 6.60. The quantitative estimate of drug-likeness (QED) is 0.324. The molecule has 2 N–H and O–H groups in total. The number of anilines is 1. The highest BCUT2D eigenvalue weighted by atomic mass is 35.5. The molecule has 0 aliphatic carbocycles. The number of carbonyl (C=O) groups excluding carboxylic acids is 3. The number of hydrogen-bond acceptors (Lipinski definition) is 7. The lowest BCUT2D eigenvalue weighted by Crippen LogP contribution is -2.32. The molecule has 2 amide bonds. The molecule has 0 radical (unpaired) electrons. The molecule has 1 aromatic heterocycles. The van der Waals surface area contributed by atoms with E-state index in [9.17, 15) is 24.5 Å². The van der Waals surface area contributed by atoms with Gasteiger partial charge in [0.05, 0.1) is 9.95 Å². The molecule has 0 unspecified atom stereocenters. The summed E-state index contributed by atoms with van der Waals surface area (Å²) in [5.41, 5.74) is 0.197. The van der Waals surface area contributed by atoms with Crippen LogP contribution in [0.4, 0.5) is 11.4 Å². The zero-order valence-corrected chi connectivity index (χ0v) is 16.8. The van der Waals surface area contributed by atoms with Crippen molar-refractivity contribution in [3.8, 4) is 0 Å². The van der Waals surface area contributed by atoms with E-state index in [-0.39, 0.29) is 10.6 Å². The number of benzene rings is 2. The van der Waals surface area contributed by atoms with Crippen molar-refractivity contribution in [1.29, 1.82) is 0 Å². The minimum Gasteiger partial charge on any atom is -0.454 e. The molecule has 1 heterocycles. The molecule has 0 aliphatic rings. The molecule has 30 heavy (non-hydrogen) atoms. The largest absolute Gasteiger partial charge is 0.454 e. The second-order valence-electron chi connectivity index (χ2n) is 5.94. The van der Waals surface area contributed by atoms with Gasteiger partial charge in [0.1, 0.15) is 11.4 Å². The van der Waals surface area contributed by atoms with Crippen molar-refractivity contribution in [2.45, 2.75) is 0 Å². The minimum atomic E-state index is -0.806. The van der Waals surface area contributed by atoms with Crippen LogP contribution >= 0.6 is 22.9 Å². The molecule has 154 valence electrons. The van der Waals surface area contributed by atoms with Gasteiger partial charge in [-0.3, -0.25) is 24.5 Å². The predicted octanol–water partition coefficient (Wildman–Crippen LogP) is 3.37. The van der Waals surface area contributed by atoms with Crippen molar-refractivity contribution in [2.75, 3.05) is 18.5 Å². The second kappa shape index (κ2) is 9.33. The third-order valence-electron chi connectivity index (χ3n) is 3.86. The number of rotatable bonds is 7. The first-order chi connectivity index (χ1) is 14.3. The van der Waals surface area contributed by atoms with E-state index in [1.54, 1.807) is 6.07 Å². The fraction of sp³-hybridized carbons (Fsp3) is 0.105. The number of ether oxygens (including phenoxy) is 1. The van der Waals surface area contributed by atoms with Crippen LogP contribution in [0.15, 0.2) is 48.5 Å². The molecule has 0 saturated carbocycles. The molecule has 2 aromatic carbocycles. The Bertz CT molecular complexity index is 1130. The van der Waals surface area contributed by atoms with Crippen molar-refractivity contribution in [2.24, 2.45) is 0 Å². The van der Waals surface area contributed by atoms with E-state index in [0.717, 1.165) is 10.1 Å². The molecule has 3 rings (SSSR count). The maximum absolute atomic E-state index is 12.3. The average Bonchev–Trinajstić information content (AvgIpc) is 3.08. The van der Waals surface area contributed by atoms with Crippen molar-refractivity contribution in [1.82, 2.24) is 5.32 Å². The Labute approximate surface area is 178 Å². The van der Waals surface area contributed by atoms with Crippen LogP contribution in [0.1, 0.15) is 9.67 Å². The van der Waals surface area contributed by atoms with Crippen LogP contribution in [-0.4, -0.2) is 35.9 Å². The summed E-state index contributed by atoms with van der Waals surface area (Å²) >= 11 is 7.42. The molecule has 0 atom stereocenters. The summed E-state index contributed by atoms with van der Waals surface area (Å²) in [7, 11) is 0. The zero-order chi connectivity index (χ0) is 21.7. The number of nitrogens with one attached hydrogen (secondary N) is 2. The van der Waals surface area contributed by atoms with E-state index in [1.807, 2.05) is 18.2 Å². The van der Waals surface area contributed by atoms with Gasteiger partial charge in [-0.05, 0) is 18.2 Å². The summed E-state index contributed by atoms with van der Waals surface area (Å²) in [5.74, 6) is -1.95. The van der Waals surface area contributed by atoms with Crippen LogP contribution in [0, 0.1) is 10.1 Å².